The molecule has 0 radical (unpaired) electrons. The van der Waals surface area contributed by atoms with Crippen LogP contribution in [-0.4, -0.2) is 62.8 Å². The van der Waals surface area contributed by atoms with E-state index in [0.717, 1.165) is 6.54 Å². The smallest absolute Gasteiger partial charge is 0.323 e. The Balaban J connectivity index is 1.80. The molecule has 0 unspecified atom stereocenters. The Morgan fingerprint density at radius 2 is 1.91 bits per heavy atom. The van der Waals surface area contributed by atoms with Crippen LogP contribution in [0.4, 0.5) is 16.2 Å². The number of carbonyl (C=O) groups is 2. The SMILES string of the molecule is CO[C@H]1CN(C)C(=O)c2ccc(NC(=O)Nc3cccc(Cl)c3)cc2OC[C@@H](C)NC[C@@H]1C. The van der Waals surface area contributed by atoms with Gasteiger partial charge < -0.3 is 30.3 Å². The van der Waals surface area contributed by atoms with Crippen molar-refractivity contribution in [3.63, 3.8) is 0 Å². The molecule has 0 saturated carbocycles. The highest BCUT2D eigenvalue weighted by molar-refractivity contribution is 6.30. The van der Waals surface area contributed by atoms with Gasteiger partial charge in [-0.2, -0.15) is 0 Å². The predicted octanol–water partition coefficient (Wildman–Crippen LogP) is 4.08. The lowest BCUT2D eigenvalue weighted by Crippen LogP contribution is -2.44. The van der Waals surface area contributed by atoms with Gasteiger partial charge in [-0.3, -0.25) is 4.79 Å². The quantitative estimate of drug-likeness (QED) is 0.623. The van der Waals surface area contributed by atoms with Crippen LogP contribution in [0.1, 0.15) is 24.2 Å². The molecule has 0 saturated heterocycles. The fraction of sp³-hybridized carbons (Fsp3) is 0.417. The van der Waals surface area contributed by atoms with Gasteiger partial charge in [-0.05, 0) is 43.2 Å². The van der Waals surface area contributed by atoms with E-state index in [2.05, 4.69) is 22.9 Å². The number of anilines is 2. The number of amides is 3. The van der Waals surface area contributed by atoms with Crippen LogP contribution in [0.5, 0.6) is 5.75 Å². The topological polar surface area (TPSA) is 91.9 Å². The molecule has 0 aliphatic carbocycles. The van der Waals surface area contributed by atoms with Crippen LogP contribution < -0.4 is 20.7 Å². The van der Waals surface area contributed by atoms with Crippen LogP contribution in [0, 0.1) is 5.92 Å². The van der Waals surface area contributed by atoms with Gasteiger partial charge in [0.05, 0.1) is 11.7 Å². The third kappa shape index (κ3) is 6.83. The van der Waals surface area contributed by atoms with Crippen LogP contribution >= 0.6 is 11.6 Å². The zero-order chi connectivity index (χ0) is 24.0. The number of methoxy groups -OCH3 is 1. The van der Waals surface area contributed by atoms with Crippen molar-refractivity contribution in [1.29, 1.82) is 0 Å². The average molecular weight is 475 g/mol. The summed E-state index contributed by atoms with van der Waals surface area (Å²) >= 11 is 5.97. The van der Waals surface area contributed by atoms with Crippen molar-refractivity contribution in [1.82, 2.24) is 10.2 Å². The highest BCUT2D eigenvalue weighted by Gasteiger charge is 2.25. The van der Waals surface area contributed by atoms with Crippen molar-refractivity contribution in [2.75, 3.05) is 44.5 Å². The molecule has 3 atom stereocenters. The molecule has 0 aromatic heterocycles. The first kappa shape index (κ1) is 24.8. The molecule has 2 aromatic rings. The summed E-state index contributed by atoms with van der Waals surface area (Å²) in [5.41, 5.74) is 1.49. The maximum atomic E-state index is 13.2. The van der Waals surface area contributed by atoms with E-state index >= 15 is 0 Å². The summed E-state index contributed by atoms with van der Waals surface area (Å²) < 4.78 is 11.6. The molecule has 1 aliphatic heterocycles. The molecule has 178 valence electrons. The van der Waals surface area contributed by atoms with Crippen molar-refractivity contribution < 1.29 is 19.1 Å². The maximum Gasteiger partial charge on any atom is 0.323 e. The average Bonchev–Trinajstić information content (AvgIpc) is 2.78. The Labute approximate surface area is 199 Å². The number of rotatable bonds is 3. The summed E-state index contributed by atoms with van der Waals surface area (Å²) in [7, 11) is 3.41. The van der Waals surface area contributed by atoms with Gasteiger partial charge >= 0.3 is 6.03 Å². The molecule has 0 fully saturated rings. The number of halogens is 1. The predicted molar refractivity (Wildman–Crippen MR) is 130 cm³/mol. The number of fused-ring (bicyclic) bond motifs is 1. The summed E-state index contributed by atoms with van der Waals surface area (Å²) in [4.78, 5) is 27.2. The molecule has 9 heteroatoms. The molecule has 2 aromatic carbocycles. The summed E-state index contributed by atoms with van der Waals surface area (Å²) in [5.74, 6) is 0.454. The fourth-order valence-electron chi connectivity index (χ4n) is 3.59. The van der Waals surface area contributed by atoms with Gasteiger partial charge in [0.15, 0.2) is 0 Å². The van der Waals surface area contributed by atoms with Crippen LogP contribution in [0.25, 0.3) is 0 Å². The van der Waals surface area contributed by atoms with Gasteiger partial charge in [0, 0.05) is 55.8 Å². The molecular formula is C24H31ClN4O4. The Bertz CT molecular complexity index is 987. The van der Waals surface area contributed by atoms with Crippen LogP contribution in [0.3, 0.4) is 0 Å². The van der Waals surface area contributed by atoms with E-state index in [1.54, 1.807) is 61.5 Å². The van der Waals surface area contributed by atoms with E-state index in [1.165, 1.54) is 0 Å². The summed E-state index contributed by atoms with van der Waals surface area (Å²) in [6, 6.07) is 11.5. The molecule has 1 heterocycles. The zero-order valence-electron chi connectivity index (χ0n) is 19.4. The van der Waals surface area contributed by atoms with E-state index in [9.17, 15) is 9.59 Å². The second kappa shape index (κ2) is 11.4. The highest BCUT2D eigenvalue weighted by Crippen LogP contribution is 2.26. The van der Waals surface area contributed by atoms with E-state index in [1.807, 2.05) is 6.92 Å². The van der Waals surface area contributed by atoms with E-state index in [0.29, 0.717) is 40.9 Å². The molecule has 3 rings (SSSR count). The van der Waals surface area contributed by atoms with Gasteiger partial charge in [-0.1, -0.05) is 24.6 Å². The summed E-state index contributed by atoms with van der Waals surface area (Å²) in [6.45, 7) is 5.68. The minimum Gasteiger partial charge on any atom is -0.491 e. The van der Waals surface area contributed by atoms with E-state index in [4.69, 9.17) is 21.1 Å². The first-order chi connectivity index (χ1) is 15.8. The molecule has 1 aliphatic rings. The van der Waals surface area contributed by atoms with Crippen molar-refractivity contribution in [3.05, 3.63) is 53.1 Å². The van der Waals surface area contributed by atoms with Crippen LogP contribution in [0.15, 0.2) is 42.5 Å². The standard InChI is InChI=1S/C24H31ClN4O4/c1-15-12-26-16(2)14-33-21-11-19(28-24(31)27-18-7-5-6-17(25)10-18)8-9-20(21)23(30)29(3)13-22(15)32-4/h5-11,15-16,22,26H,12-14H2,1-4H3,(H2,27,28,31)/t15-,16+,22-/m0/s1. The minimum atomic E-state index is -0.430. The minimum absolute atomic E-state index is 0.0628. The van der Waals surface area contributed by atoms with E-state index < -0.39 is 6.03 Å². The van der Waals surface area contributed by atoms with Crippen molar-refractivity contribution in [2.45, 2.75) is 26.0 Å². The summed E-state index contributed by atoms with van der Waals surface area (Å²) in [6.07, 6.45) is -0.0985. The molecule has 0 bridgehead atoms. The molecule has 3 N–H and O–H groups in total. The largest absolute Gasteiger partial charge is 0.491 e. The lowest BCUT2D eigenvalue weighted by atomic mass is 10.0. The monoisotopic (exact) mass is 474 g/mol. The highest BCUT2D eigenvalue weighted by atomic mass is 35.5. The van der Waals surface area contributed by atoms with Gasteiger partial charge in [-0.25, -0.2) is 4.79 Å². The molecule has 3 amide bonds. The first-order valence-electron chi connectivity index (χ1n) is 10.9. The van der Waals surface area contributed by atoms with Crippen molar-refractivity contribution in [3.8, 4) is 5.75 Å². The number of urea groups is 1. The second-order valence-corrected chi connectivity index (χ2v) is 8.79. The van der Waals surface area contributed by atoms with Gasteiger partial charge in [0.1, 0.15) is 12.4 Å². The van der Waals surface area contributed by atoms with E-state index in [-0.39, 0.29) is 24.0 Å². The number of likely N-dealkylation sites (N-methyl/N-ethyl adjacent to an activating group) is 1. The number of nitrogens with one attached hydrogen (secondary N) is 3. The molecule has 8 nitrogen and oxygen atoms in total. The lowest BCUT2D eigenvalue weighted by Gasteiger charge is -2.30. The van der Waals surface area contributed by atoms with Gasteiger partial charge in [-0.15, -0.1) is 0 Å². The third-order valence-corrected chi connectivity index (χ3v) is 5.80. The Morgan fingerprint density at radius 1 is 1.18 bits per heavy atom. The third-order valence-electron chi connectivity index (χ3n) is 5.57. The zero-order valence-corrected chi connectivity index (χ0v) is 20.1. The number of ether oxygens (including phenoxy) is 2. The number of hydrogen-bond donors (Lipinski definition) is 3. The van der Waals surface area contributed by atoms with Crippen LogP contribution in [-0.2, 0) is 4.74 Å². The number of nitrogens with zero attached hydrogens (tertiary/aromatic N) is 1. The second-order valence-electron chi connectivity index (χ2n) is 8.36. The lowest BCUT2D eigenvalue weighted by molar-refractivity contribution is 0.0281. The fourth-order valence-corrected chi connectivity index (χ4v) is 3.78. The number of benzene rings is 2. The number of hydrogen-bond acceptors (Lipinski definition) is 5. The van der Waals surface area contributed by atoms with Gasteiger partial charge in [0.2, 0.25) is 0 Å². The summed E-state index contributed by atoms with van der Waals surface area (Å²) in [5, 5.41) is 9.48. The normalized spacial score (nSPS) is 21.8. The Kier molecular flexibility index (Phi) is 8.55. The molecular weight excluding hydrogens is 444 g/mol. The Morgan fingerprint density at radius 3 is 2.61 bits per heavy atom. The first-order valence-corrected chi connectivity index (χ1v) is 11.3. The molecule has 33 heavy (non-hydrogen) atoms. The Hall–Kier alpha value is -2.81. The van der Waals surface area contributed by atoms with Crippen LogP contribution in [0.2, 0.25) is 5.02 Å². The van der Waals surface area contributed by atoms with Gasteiger partial charge in [0.25, 0.3) is 5.91 Å². The maximum absolute atomic E-state index is 13.2. The van der Waals surface area contributed by atoms with Crippen molar-refractivity contribution in [2.24, 2.45) is 5.92 Å². The van der Waals surface area contributed by atoms with Crippen molar-refractivity contribution >= 4 is 34.9 Å². The number of carbonyl (C=O) groups excluding carboxylic acids is 2. The molecule has 0 spiro atoms.